The first-order chi connectivity index (χ1) is 11.2. The monoisotopic (exact) mass is 402 g/mol. The molecule has 0 aliphatic carbocycles. The molecule has 0 bridgehead atoms. The number of ether oxygens (including phenoxy) is 1. The lowest BCUT2D eigenvalue weighted by Gasteiger charge is -2.08. The molecule has 0 unspecified atom stereocenters. The quantitative estimate of drug-likeness (QED) is 0.603. The number of nitrogens with zero attached hydrogens (tertiary/aromatic N) is 1. The Labute approximate surface area is 142 Å². The van der Waals surface area contributed by atoms with Crippen molar-refractivity contribution in [2.24, 2.45) is 5.10 Å². The second-order valence-corrected chi connectivity index (χ2v) is 5.39. The number of benzene rings is 2. The number of carbonyl (C=O) groups is 1. The molecule has 0 atom stereocenters. The van der Waals surface area contributed by atoms with E-state index in [1.165, 1.54) is 24.4 Å². The van der Waals surface area contributed by atoms with Crippen LogP contribution in [-0.2, 0) is 0 Å². The standard InChI is InChI=1S/C15H10BrF3N2O3/c16-11-3-6-13(22)10(7-11)8-20-21-14(23)9-1-4-12(5-2-9)24-15(17,18)19/h1-8,22H,(H,21,23)/b20-8-. The first-order valence-electron chi connectivity index (χ1n) is 6.42. The van der Waals surface area contributed by atoms with E-state index in [0.717, 1.165) is 12.1 Å². The summed E-state index contributed by atoms with van der Waals surface area (Å²) in [6.07, 6.45) is -3.56. The van der Waals surface area contributed by atoms with Crippen molar-refractivity contribution >= 4 is 28.1 Å². The molecule has 2 aromatic rings. The number of nitrogens with one attached hydrogen (secondary N) is 1. The molecule has 0 aliphatic heterocycles. The van der Waals surface area contributed by atoms with Crippen LogP contribution in [-0.4, -0.2) is 23.6 Å². The van der Waals surface area contributed by atoms with Crippen LogP contribution in [0.2, 0.25) is 0 Å². The number of hydrazone groups is 1. The summed E-state index contributed by atoms with van der Waals surface area (Å²) in [6.45, 7) is 0. The van der Waals surface area contributed by atoms with Gasteiger partial charge < -0.3 is 9.84 Å². The zero-order valence-electron chi connectivity index (χ0n) is 11.8. The molecule has 2 N–H and O–H groups in total. The molecular weight excluding hydrogens is 393 g/mol. The van der Waals surface area contributed by atoms with Gasteiger partial charge in [-0.25, -0.2) is 5.43 Å². The van der Waals surface area contributed by atoms with Crippen molar-refractivity contribution in [1.82, 2.24) is 5.43 Å². The van der Waals surface area contributed by atoms with Crippen LogP contribution in [0.3, 0.4) is 0 Å². The fraction of sp³-hybridized carbons (Fsp3) is 0.0667. The predicted molar refractivity (Wildman–Crippen MR) is 84.0 cm³/mol. The van der Waals surface area contributed by atoms with Crippen molar-refractivity contribution < 1.29 is 27.8 Å². The van der Waals surface area contributed by atoms with Crippen molar-refractivity contribution in [3.05, 3.63) is 58.1 Å². The maximum Gasteiger partial charge on any atom is 0.573 e. The first kappa shape index (κ1) is 17.8. The van der Waals surface area contributed by atoms with Crippen molar-refractivity contribution in [3.63, 3.8) is 0 Å². The lowest BCUT2D eigenvalue weighted by Crippen LogP contribution is -2.19. The molecule has 0 heterocycles. The average molecular weight is 403 g/mol. The summed E-state index contributed by atoms with van der Waals surface area (Å²) >= 11 is 3.23. The maximum atomic E-state index is 12.0. The highest BCUT2D eigenvalue weighted by Crippen LogP contribution is 2.23. The zero-order chi connectivity index (χ0) is 17.7. The molecule has 0 spiro atoms. The number of rotatable bonds is 4. The van der Waals surface area contributed by atoms with E-state index in [-0.39, 0.29) is 11.3 Å². The van der Waals surface area contributed by atoms with Gasteiger partial charge in [0.2, 0.25) is 0 Å². The van der Waals surface area contributed by atoms with Crippen LogP contribution >= 0.6 is 15.9 Å². The molecule has 0 fully saturated rings. The second kappa shape index (κ2) is 7.35. The van der Waals surface area contributed by atoms with E-state index in [9.17, 15) is 23.1 Å². The molecule has 0 radical (unpaired) electrons. The van der Waals surface area contributed by atoms with Gasteiger partial charge in [0.25, 0.3) is 5.91 Å². The van der Waals surface area contributed by atoms with Gasteiger partial charge in [-0.05, 0) is 42.5 Å². The third-order valence-electron chi connectivity index (χ3n) is 2.71. The third kappa shape index (κ3) is 5.27. The van der Waals surface area contributed by atoms with Crippen molar-refractivity contribution in [3.8, 4) is 11.5 Å². The van der Waals surface area contributed by atoms with Gasteiger partial charge >= 0.3 is 6.36 Å². The van der Waals surface area contributed by atoms with Crippen LogP contribution in [0, 0.1) is 0 Å². The van der Waals surface area contributed by atoms with Gasteiger partial charge in [0.1, 0.15) is 11.5 Å². The van der Waals surface area contributed by atoms with Crippen LogP contribution in [0.25, 0.3) is 0 Å². The van der Waals surface area contributed by atoms with Crippen molar-refractivity contribution in [2.45, 2.75) is 6.36 Å². The molecule has 0 aromatic heterocycles. The highest BCUT2D eigenvalue weighted by atomic mass is 79.9. The van der Waals surface area contributed by atoms with Crippen LogP contribution < -0.4 is 10.2 Å². The zero-order valence-corrected chi connectivity index (χ0v) is 13.4. The summed E-state index contributed by atoms with van der Waals surface area (Å²) < 4.78 is 40.6. The topological polar surface area (TPSA) is 70.9 Å². The normalized spacial score (nSPS) is 11.5. The third-order valence-corrected chi connectivity index (χ3v) is 3.20. The molecule has 2 rings (SSSR count). The van der Waals surface area contributed by atoms with Gasteiger partial charge in [-0.2, -0.15) is 5.10 Å². The fourth-order valence-corrected chi connectivity index (χ4v) is 2.04. The Balaban J connectivity index is 1.99. The van der Waals surface area contributed by atoms with Crippen LogP contribution in [0.1, 0.15) is 15.9 Å². The van der Waals surface area contributed by atoms with Gasteiger partial charge in [0.05, 0.1) is 6.21 Å². The Kier molecular flexibility index (Phi) is 5.45. The van der Waals surface area contributed by atoms with Gasteiger partial charge in [0, 0.05) is 15.6 Å². The molecule has 0 aliphatic rings. The van der Waals surface area contributed by atoms with Gasteiger partial charge in [-0.3, -0.25) is 4.79 Å². The minimum Gasteiger partial charge on any atom is -0.507 e. The summed E-state index contributed by atoms with van der Waals surface area (Å²) in [5.41, 5.74) is 2.67. The Bertz CT molecular complexity index is 762. The molecule has 2 aromatic carbocycles. The summed E-state index contributed by atoms with van der Waals surface area (Å²) in [5.74, 6) is -1.08. The number of aromatic hydroxyl groups is 1. The molecule has 24 heavy (non-hydrogen) atoms. The number of alkyl halides is 3. The minimum atomic E-state index is -4.79. The van der Waals surface area contributed by atoms with Crippen LogP contribution in [0.15, 0.2) is 52.0 Å². The Morgan fingerprint density at radius 2 is 1.88 bits per heavy atom. The van der Waals surface area contributed by atoms with Crippen molar-refractivity contribution in [1.29, 1.82) is 0 Å². The highest BCUT2D eigenvalue weighted by molar-refractivity contribution is 9.10. The Morgan fingerprint density at radius 3 is 2.50 bits per heavy atom. The number of hydrogen-bond acceptors (Lipinski definition) is 4. The summed E-state index contributed by atoms with van der Waals surface area (Å²) in [6, 6.07) is 9.06. The van der Waals surface area contributed by atoms with Crippen LogP contribution in [0.5, 0.6) is 11.5 Å². The number of hydrogen-bond donors (Lipinski definition) is 2. The summed E-state index contributed by atoms with van der Waals surface area (Å²) in [7, 11) is 0. The van der Waals surface area contributed by atoms with Crippen LogP contribution in [0.4, 0.5) is 13.2 Å². The molecule has 1 amide bonds. The fourth-order valence-electron chi connectivity index (χ4n) is 1.66. The van der Waals surface area contributed by atoms with E-state index >= 15 is 0 Å². The van der Waals surface area contributed by atoms with E-state index in [4.69, 9.17) is 0 Å². The largest absolute Gasteiger partial charge is 0.573 e. The average Bonchev–Trinajstić information content (AvgIpc) is 2.49. The predicted octanol–water partition coefficient (Wildman–Crippen LogP) is 3.82. The lowest BCUT2D eigenvalue weighted by molar-refractivity contribution is -0.274. The smallest absolute Gasteiger partial charge is 0.507 e. The van der Waals surface area contributed by atoms with Gasteiger partial charge in [0.15, 0.2) is 0 Å². The van der Waals surface area contributed by atoms with E-state index in [1.54, 1.807) is 12.1 Å². The van der Waals surface area contributed by atoms with E-state index in [2.05, 4.69) is 31.2 Å². The number of phenols is 1. The van der Waals surface area contributed by atoms with Crippen molar-refractivity contribution in [2.75, 3.05) is 0 Å². The van der Waals surface area contributed by atoms with Gasteiger partial charge in [-0.1, -0.05) is 15.9 Å². The van der Waals surface area contributed by atoms with Gasteiger partial charge in [-0.15, -0.1) is 13.2 Å². The number of halogens is 4. The number of phenolic OH excluding ortho intramolecular Hbond substituents is 1. The number of carbonyl (C=O) groups excluding carboxylic acids is 1. The highest BCUT2D eigenvalue weighted by Gasteiger charge is 2.31. The second-order valence-electron chi connectivity index (χ2n) is 4.47. The molecule has 0 saturated carbocycles. The summed E-state index contributed by atoms with van der Waals surface area (Å²) in [5, 5.41) is 13.3. The Hall–Kier alpha value is -2.55. The van der Waals surface area contributed by atoms with E-state index < -0.39 is 18.0 Å². The molecular formula is C15H10BrF3N2O3. The Morgan fingerprint density at radius 1 is 1.21 bits per heavy atom. The molecule has 9 heteroatoms. The maximum absolute atomic E-state index is 12.0. The minimum absolute atomic E-state index is 0.0233. The molecule has 126 valence electrons. The summed E-state index contributed by atoms with van der Waals surface area (Å²) in [4.78, 5) is 11.8. The molecule has 0 saturated heterocycles. The van der Waals surface area contributed by atoms with E-state index in [0.29, 0.717) is 10.0 Å². The lowest BCUT2D eigenvalue weighted by atomic mass is 10.2. The first-order valence-corrected chi connectivity index (χ1v) is 7.21. The number of amides is 1. The SMILES string of the molecule is O=C(N/N=C\c1cc(Br)ccc1O)c1ccc(OC(F)(F)F)cc1. The van der Waals surface area contributed by atoms with E-state index in [1.807, 2.05) is 0 Å². The molecule has 5 nitrogen and oxygen atoms in total.